The van der Waals surface area contributed by atoms with Crippen molar-refractivity contribution in [2.45, 2.75) is 0 Å². The van der Waals surface area contributed by atoms with E-state index in [-0.39, 0.29) is 29.1 Å². The Hall–Kier alpha value is -3.24. The van der Waals surface area contributed by atoms with Crippen molar-refractivity contribution in [1.82, 2.24) is 15.2 Å². The van der Waals surface area contributed by atoms with Gasteiger partial charge in [-0.3, -0.25) is 19.3 Å². The number of amides is 3. The number of nitrogens with zero attached hydrogens (tertiary/aromatic N) is 2. The molecule has 1 aliphatic heterocycles. The standard InChI is InChI=1S/C21H20ClN3O6S/c1-29-14-8-12(9-15(30-2)18(14)31-3)10-16-20(27)25(21(28)32-16)7-6-23-19(26)13-4-5-17(22)24-11-13/h4-5,8-11H,6-7H2,1-3H3,(H,23,26)/b16-10-. The third kappa shape index (κ3) is 5.14. The summed E-state index contributed by atoms with van der Waals surface area (Å²) in [5.74, 6) is 0.450. The molecule has 3 rings (SSSR count). The van der Waals surface area contributed by atoms with Gasteiger partial charge in [-0.2, -0.15) is 0 Å². The van der Waals surface area contributed by atoms with Crippen LogP contribution >= 0.6 is 23.4 Å². The third-order valence-electron chi connectivity index (χ3n) is 4.47. The van der Waals surface area contributed by atoms with Crippen LogP contribution in [0, 0.1) is 0 Å². The van der Waals surface area contributed by atoms with Crippen molar-refractivity contribution in [3.05, 3.63) is 51.6 Å². The highest BCUT2D eigenvalue weighted by molar-refractivity contribution is 8.18. The van der Waals surface area contributed by atoms with Crippen LogP contribution in [0.4, 0.5) is 4.79 Å². The van der Waals surface area contributed by atoms with Gasteiger partial charge in [0.25, 0.3) is 17.1 Å². The first-order valence-electron chi connectivity index (χ1n) is 9.33. The maximum Gasteiger partial charge on any atom is 0.293 e. The molecule has 9 nitrogen and oxygen atoms in total. The lowest BCUT2D eigenvalue weighted by atomic mass is 10.1. The number of hydrogen-bond donors (Lipinski definition) is 1. The number of thioether (sulfide) groups is 1. The Labute approximate surface area is 193 Å². The van der Waals surface area contributed by atoms with E-state index in [9.17, 15) is 14.4 Å². The summed E-state index contributed by atoms with van der Waals surface area (Å²) in [7, 11) is 4.47. The summed E-state index contributed by atoms with van der Waals surface area (Å²) in [6.07, 6.45) is 2.92. The first-order valence-corrected chi connectivity index (χ1v) is 10.5. The summed E-state index contributed by atoms with van der Waals surface area (Å²) in [6.45, 7) is 0.126. The predicted octanol–water partition coefficient (Wildman–Crippen LogP) is 3.23. The van der Waals surface area contributed by atoms with E-state index in [2.05, 4.69) is 10.3 Å². The molecule has 1 N–H and O–H groups in total. The van der Waals surface area contributed by atoms with Gasteiger partial charge in [0.15, 0.2) is 11.5 Å². The number of rotatable bonds is 8. The number of imide groups is 1. The molecule has 0 spiro atoms. The smallest absolute Gasteiger partial charge is 0.293 e. The highest BCUT2D eigenvalue weighted by Crippen LogP contribution is 2.40. The maximum atomic E-state index is 12.7. The Morgan fingerprint density at radius 3 is 2.41 bits per heavy atom. The van der Waals surface area contributed by atoms with Gasteiger partial charge in [0.05, 0.1) is 31.8 Å². The zero-order valence-corrected chi connectivity index (χ0v) is 19.1. The second-order valence-electron chi connectivity index (χ2n) is 6.42. The van der Waals surface area contributed by atoms with Crippen molar-refractivity contribution >= 4 is 46.5 Å². The molecule has 168 valence electrons. The number of aromatic nitrogens is 1. The first kappa shape index (κ1) is 23.4. The summed E-state index contributed by atoms with van der Waals surface area (Å²) >= 11 is 6.53. The Bertz CT molecular complexity index is 1050. The molecule has 11 heteroatoms. The average Bonchev–Trinajstić information content (AvgIpc) is 3.05. The molecule has 0 atom stereocenters. The Morgan fingerprint density at radius 1 is 1.16 bits per heavy atom. The van der Waals surface area contributed by atoms with Crippen LogP contribution in [0.5, 0.6) is 17.2 Å². The van der Waals surface area contributed by atoms with E-state index in [1.807, 2.05) is 0 Å². The number of pyridine rings is 1. The summed E-state index contributed by atoms with van der Waals surface area (Å²) in [5.41, 5.74) is 0.930. The summed E-state index contributed by atoms with van der Waals surface area (Å²) in [4.78, 5) is 42.4. The zero-order valence-electron chi connectivity index (χ0n) is 17.5. The minimum absolute atomic E-state index is 0.0318. The fourth-order valence-corrected chi connectivity index (χ4v) is 3.90. The van der Waals surface area contributed by atoms with Gasteiger partial charge in [-0.1, -0.05) is 11.6 Å². The lowest BCUT2D eigenvalue weighted by Gasteiger charge is -2.13. The highest BCUT2D eigenvalue weighted by atomic mass is 35.5. The Balaban J connectivity index is 1.68. The van der Waals surface area contributed by atoms with Crippen LogP contribution < -0.4 is 19.5 Å². The normalized spacial score (nSPS) is 14.6. The van der Waals surface area contributed by atoms with E-state index in [0.29, 0.717) is 28.4 Å². The molecule has 1 aromatic carbocycles. The van der Waals surface area contributed by atoms with Gasteiger partial charge >= 0.3 is 0 Å². The molecular weight excluding hydrogens is 458 g/mol. The van der Waals surface area contributed by atoms with Gasteiger partial charge < -0.3 is 19.5 Å². The van der Waals surface area contributed by atoms with Crippen LogP contribution in [-0.4, -0.2) is 61.4 Å². The highest BCUT2D eigenvalue weighted by Gasteiger charge is 2.34. The fraction of sp³-hybridized carbons (Fsp3) is 0.238. The van der Waals surface area contributed by atoms with E-state index in [0.717, 1.165) is 16.7 Å². The number of hydrogen-bond acceptors (Lipinski definition) is 8. The monoisotopic (exact) mass is 477 g/mol. The van der Waals surface area contributed by atoms with Crippen molar-refractivity contribution in [1.29, 1.82) is 0 Å². The van der Waals surface area contributed by atoms with Crippen LogP contribution in [0.25, 0.3) is 6.08 Å². The lowest BCUT2D eigenvalue weighted by Crippen LogP contribution is -2.37. The SMILES string of the molecule is COc1cc(/C=C2\SC(=O)N(CCNC(=O)c3ccc(Cl)nc3)C2=O)cc(OC)c1OC. The number of benzene rings is 1. The number of nitrogens with one attached hydrogen (secondary N) is 1. The molecule has 0 saturated carbocycles. The van der Waals surface area contributed by atoms with Gasteiger partial charge in [-0.25, -0.2) is 4.98 Å². The molecule has 0 aliphatic carbocycles. The summed E-state index contributed by atoms with van der Waals surface area (Å²) in [6, 6.07) is 6.39. The molecule has 2 heterocycles. The van der Waals surface area contributed by atoms with Crippen molar-refractivity contribution in [3.8, 4) is 17.2 Å². The molecule has 3 amide bonds. The minimum atomic E-state index is -0.448. The Morgan fingerprint density at radius 2 is 1.84 bits per heavy atom. The molecule has 1 aliphatic rings. The number of carbonyl (C=O) groups excluding carboxylic acids is 3. The maximum absolute atomic E-state index is 12.7. The van der Waals surface area contributed by atoms with Gasteiger partial charge in [-0.15, -0.1) is 0 Å². The zero-order chi connectivity index (χ0) is 23.3. The average molecular weight is 478 g/mol. The summed E-state index contributed by atoms with van der Waals surface area (Å²) < 4.78 is 15.9. The van der Waals surface area contributed by atoms with Crippen molar-refractivity contribution in [2.75, 3.05) is 34.4 Å². The van der Waals surface area contributed by atoms with E-state index in [4.69, 9.17) is 25.8 Å². The van der Waals surface area contributed by atoms with Gasteiger partial charge in [0.2, 0.25) is 5.75 Å². The van der Waals surface area contributed by atoms with Crippen molar-refractivity contribution in [2.24, 2.45) is 0 Å². The number of halogens is 1. The Kier molecular flexibility index (Phi) is 7.60. The van der Waals surface area contributed by atoms with Gasteiger partial charge in [0, 0.05) is 19.3 Å². The van der Waals surface area contributed by atoms with E-state index >= 15 is 0 Å². The van der Waals surface area contributed by atoms with E-state index in [1.165, 1.54) is 39.7 Å². The first-order chi connectivity index (χ1) is 15.4. The predicted molar refractivity (Wildman–Crippen MR) is 120 cm³/mol. The molecule has 1 aromatic heterocycles. The molecule has 32 heavy (non-hydrogen) atoms. The topological polar surface area (TPSA) is 107 Å². The third-order valence-corrected chi connectivity index (χ3v) is 5.60. The molecule has 2 aromatic rings. The second kappa shape index (κ2) is 10.4. The second-order valence-corrected chi connectivity index (χ2v) is 7.80. The number of ether oxygens (including phenoxy) is 3. The van der Waals surface area contributed by atoms with Crippen LogP contribution in [-0.2, 0) is 4.79 Å². The van der Waals surface area contributed by atoms with Crippen LogP contribution in [0.1, 0.15) is 15.9 Å². The quantitative estimate of drug-likeness (QED) is 0.456. The largest absolute Gasteiger partial charge is 0.493 e. The molecule has 0 unspecified atom stereocenters. The van der Waals surface area contributed by atoms with E-state index < -0.39 is 11.1 Å². The van der Waals surface area contributed by atoms with Gasteiger partial charge in [-0.05, 0) is 47.7 Å². The van der Waals surface area contributed by atoms with Crippen molar-refractivity contribution < 1.29 is 28.6 Å². The molecule has 1 saturated heterocycles. The molecular formula is C21H20ClN3O6S. The van der Waals surface area contributed by atoms with Crippen LogP contribution in [0.3, 0.4) is 0 Å². The van der Waals surface area contributed by atoms with Gasteiger partial charge in [0.1, 0.15) is 5.15 Å². The molecule has 0 radical (unpaired) electrons. The molecule has 1 fully saturated rings. The lowest BCUT2D eigenvalue weighted by molar-refractivity contribution is -0.122. The number of methoxy groups -OCH3 is 3. The van der Waals surface area contributed by atoms with Crippen LogP contribution in [0.2, 0.25) is 5.15 Å². The fourth-order valence-electron chi connectivity index (χ4n) is 2.92. The minimum Gasteiger partial charge on any atom is -0.493 e. The summed E-state index contributed by atoms with van der Waals surface area (Å²) in [5, 5.41) is 2.51. The van der Waals surface area contributed by atoms with Crippen molar-refractivity contribution in [3.63, 3.8) is 0 Å². The van der Waals surface area contributed by atoms with E-state index in [1.54, 1.807) is 18.2 Å². The number of carbonyl (C=O) groups is 3. The van der Waals surface area contributed by atoms with Crippen LogP contribution in [0.15, 0.2) is 35.4 Å². The molecule has 0 bridgehead atoms.